The van der Waals surface area contributed by atoms with Gasteiger partial charge >= 0.3 is 0 Å². The van der Waals surface area contributed by atoms with Gasteiger partial charge in [-0.2, -0.15) is 0 Å². The third-order valence-corrected chi connectivity index (χ3v) is 3.65. The molecule has 1 rings (SSSR count). The molecule has 0 saturated carbocycles. The number of halogens is 1. The van der Waals surface area contributed by atoms with Gasteiger partial charge in [-0.05, 0) is 24.0 Å². The van der Waals surface area contributed by atoms with Crippen LogP contribution in [0.15, 0.2) is 18.2 Å². The van der Waals surface area contributed by atoms with Crippen LogP contribution in [-0.4, -0.2) is 15.8 Å². The van der Waals surface area contributed by atoms with E-state index in [0.29, 0.717) is 12.1 Å². The van der Waals surface area contributed by atoms with Crippen molar-refractivity contribution < 1.29 is 9.90 Å². The van der Waals surface area contributed by atoms with E-state index >= 15 is 0 Å². The third kappa shape index (κ3) is 3.46. The van der Waals surface area contributed by atoms with Crippen LogP contribution in [0.4, 0.5) is 5.69 Å². The molecule has 1 unspecified atom stereocenters. The second kappa shape index (κ2) is 6.05. The van der Waals surface area contributed by atoms with Crippen LogP contribution >= 0.6 is 15.9 Å². The van der Waals surface area contributed by atoms with Crippen molar-refractivity contribution in [3.63, 3.8) is 0 Å². The Hall–Kier alpha value is -1.03. The molecule has 0 spiro atoms. The molecule has 0 bridgehead atoms. The Labute approximate surface area is 110 Å². The van der Waals surface area contributed by atoms with Crippen LogP contribution in [0.3, 0.4) is 0 Å². The number of anilines is 1. The van der Waals surface area contributed by atoms with Gasteiger partial charge in [-0.1, -0.05) is 48.8 Å². The first-order valence-corrected chi connectivity index (χ1v) is 6.65. The molecule has 94 valence electrons. The molecular weight excluding hydrogens is 282 g/mol. The number of phenolic OH excluding ortho intramolecular Hbond substituents is 1. The van der Waals surface area contributed by atoms with E-state index in [4.69, 9.17) is 0 Å². The monoisotopic (exact) mass is 299 g/mol. The maximum absolute atomic E-state index is 11.7. The van der Waals surface area contributed by atoms with E-state index in [1.54, 1.807) is 6.07 Å². The maximum atomic E-state index is 11.7. The first-order chi connectivity index (χ1) is 7.97. The smallest absolute Gasteiger partial charge is 0.238 e. The van der Waals surface area contributed by atoms with Crippen LogP contribution in [0.2, 0.25) is 0 Å². The topological polar surface area (TPSA) is 49.3 Å². The molecular formula is C13H18BrNO2. The van der Waals surface area contributed by atoms with E-state index in [1.165, 1.54) is 0 Å². The Morgan fingerprint density at radius 2 is 2.12 bits per heavy atom. The summed E-state index contributed by atoms with van der Waals surface area (Å²) in [4.78, 5) is 11.5. The van der Waals surface area contributed by atoms with Crippen LogP contribution in [0.1, 0.15) is 38.7 Å². The fourth-order valence-corrected chi connectivity index (χ4v) is 1.64. The van der Waals surface area contributed by atoms with E-state index in [0.717, 1.165) is 5.56 Å². The summed E-state index contributed by atoms with van der Waals surface area (Å²) in [5.41, 5.74) is 1.31. The molecule has 1 atom stereocenters. The minimum absolute atomic E-state index is 0.135. The van der Waals surface area contributed by atoms with Gasteiger partial charge in [-0.25, -0.2) is 0 Å². The van der Waals surface area contributed by atoms with Gasteiger partial charge in [-0.15, -0.1) is 0 Å². The summed E-state index contributed by atoms with van der Waals surface area (Å²) < 4.78 is 0. The summed E-state index contributed by atoms with van der Waals surface area (Å²) in [7, 11) is 0. The number of nitrogens with one attached hydrogen (secondary N) is 1. The number of rotatable bonds is 4. The standard InChI is InChI=1S/C13H18BrNO2/c1-4-10(14)13(17)15-11-7-5-6-9(8(2)3)12(11)16/h5-8,10,16H,4H2,1-3H3,(H,15,17). The number of aromatic hydroxyl groups is 1. The predicted octanol–water partition coefficient (Wildman–Crippen LogP) is 3.63. The lowest BCUT2D eigenvalue weighted by atomic mass is 10.0. The summed E-state index contributed by atoms with van der Waals surface area (Å²) in [5.74, 6) is 0.244. The lowest BCUT2D eigenvalue weighted by Gasteiger charge is -2.14. The van der Waals surface area contributed by atoms with Gasteiger partial charge in [0, 0.05) is 0 Å². The fourth-order valence-electron chi connectivity index (χ4n) is 1.52. The van der Waals surface area contributed by atoms with Crippen molar-refractivity contribution in [1.29, 1.82) is 0 Å². The highest BCUT2D eigenvalue weighted by atomic mass is 79.9. The van der Waals surface area contributed by atoms with Crippen molar-refractivity contribution in [3.05, 3.63) is 23.8 Å². The predicted molar refractivity (Wildman–Crippen MR) is 73.8 cm³/mol. The molecule has 0 saturated heterocycles. The molecule has 0 heterocycles. The van der Waals surface area contributed by atoms with E-state index in [2.05, 4.69) is 21.2 Å². The van der Waals surface area contributed by atoms with E-state index < -0.39 is 0 Å². The van der Waals surface area contributed by atoms with Crippen molar-refractivity contribution in [2.75, 3.05) is 5.32 Å². The van der Waals surface area contributed by atoms with E-state index in [1.807, 2.05) is 32.9 Å². The number of para-hydroxylation sites is 1. The summed E-state index contributed by atoms with van der Waals surface area (Å²) in [6.45, 7) is 5.92. The zero-order valence-electron chi connectivity index (χ0n) is 10.3. The minimum Gasteiger partial charge on any atom is -0.505 e. The third-order valence-electron chi connectivity index (χ3n) is 2.59. The largest absolute Gasteiger partial charge is 0.505 e. The summed E-state index contributed by atoms with van der Waals surface area (Å²) in [6, 6.07) is 5.40. The summed E-state index contributed by atoms with van der Waals surface area (Å²) in [6.07, 6.45) is 0.705. The molecule has 3 nitrogen and oxygen atoms in total. The molecule has 4 heteroatoms. The van der Waals surface area contributed by atoms with Crippen LogP contribution in [0, 0.1) is 0 Å². The fraction of sp³-hybridized carbons (Fsp3) is 0.462. The van der Waals surface area contributed by atoms with Gasteiger partial charge in [0.2, 0.25) is 5.91 Å². The molecule has 2 N–H and O–H groups in total. The SMILES string of the molecule is CCC(Br)C(=O)Nc1cccc(C(C)C)c1O. The molecule has 0 radical (unpaired) electrons. The number of amides is 1. The van der Waals surface area contributed by atoms with Crippen LogP contribution < -0.4 is 5.32 Å². The first kappa shape index (κ1) is 14.0. The molecule has 0 aliphatic rings. The molecule has 17 heavy (non-hydrogen) atoms. The zero-order valence-corrected chi connectivity index (χ0v) is 11.9. The molecule has 0 aromatic heterocycles. The molecule has 0 aliphatic heterocycles. The Bertz CT molecular complexity index is 404. The van der Waals surface area contributed by atoms with Crippen molar-refractivity contribution in [2.45, 2.75) is 37.9 Å². The first-order valence-electron chi connectivity index (χ1n) is 5.74. The maximum Gasteiger partial charge on any atom is 0.238 e. The highest BCUT2D eigenvalue weighted by Crippen LogP contribution is 2.32. The second-order valence-corrected chi connectivity index (χ2v) is 5.37. The summed E-state index contributed by atoms with van der Waals surface area (Å²) >= 11 is 3.28. The molecule has 1 aromatic rings. The molecule has 1 amide bonds. The number of carbonyl (C=O) groups is 1. The molecule has 0 aliphatic carbocycles. The van der Waals surface area contributed by atoms with E-state index in [-0.39, 0.29) is 22.4 Å². The van der Waals surface area contributed by atoms with Gasteiger partial charge in [0.05, 0.1) is 10.5 Å². The average Bonchev–Trinajstić information content (AvgIpc) is 2.30. The number of carbonyl (C=O) groups excluding carboxylic acids is 1. The Balaban J connectivity index is 2.92. The van der Waals surface area contributed by atoms with Gasteiger partial charge in [-0.3, -0.25) is 4.79 Å². The normalized spacial score (nSPS) is 12.5. The average molecular weight is 300 g/mol. The molecule has 0 fully saturated rings. The lowest BCUT2D eigenvalue weighted by molar-refractivity contribution is -0.115. The van der Waals surface area contributed by atoms with Crippen molar-refractivity contribution in [1.82, 2.24) is 0 Å². The van der Waals surface area contributed by atoms with Gasteiger partial charge < -0.3 is 10.4 Å². The highest BCUT2D eigenvalue weighted by Gasteiger charge is 2.16. The minimum atomic E-state index is -0.232. The van der Waals surface area contributed by atoms with Crippen molar-refractivity contribution in [2.24, 2.45) is 0 Å². The van der Waals surface area contributed by atoms with E-state index in [9.17, 15) is 9.90 Å². The lowest BCUT2D eigenvalue weighted by Crippen LogP contribution is -2.22. The Morgan fingerprint density at radius 1 is 1.47 bits per heavy atom. The Kier molecular flexibility index (Phi) is 5.00. The number of phenols is 1. The van der Waals surface area contributed by atoms with Crippen LogP contribution in [0.25, 0.3) is 0 Å². The Morgan fingerprint density at radius 3 is 2.65 bits per heavy atom. The van der Waals surface area contributed by atoms with Crippen molar-refractivity contribution >= 4 is 27.5 Å². The quantitative estimate of drug-likeness (QED) is 0.659. The number of hydrogen-bond acceptors (Lipinski definition) is 2. The molecule has 1 aromatic carbocycles. The highest BCUT2D eigenvalue weighted by molar-refractivity contribution is 9.10. The van der Waals surface area contributed by atoms with Gasteiger partial charge in [0.1, 0.15) is 5.75 Å². The van der Waals surface area contributed by atoms with Crippen LogP contribution in [0.5, 0.6) is 5.75 Å². The summed E-state index contributed by atoms with van der Waals surface area (Å²) in [5, 5.41) is 12.8. The zero-order chi connectivity index (χ0) is 13.0. The van der Waals surface area contributed by atoms with Crippen LogP contribution in [-0.2, 0) is 4.79 Å². The van der Waals surface area contributed by atoms with Gasteiger partial charge in [0.15, 0.2) is 0 Å². The second-order valence-electron chi connectivity index (χ2n) is 4.26. The number of hydrogen-bond donors (Lipinski definition) is 2. The number of benzene rings is 1. The van der Waals surface area contributed by atoms with Crippen molar-refractivity contribution in [3.8, 4) is 5.75 Å². The van der Waals surface area contributed by atoms with Gasteiger partial charge in [0.25, 0.3) is 0 Å². The number of alkyl halides is 1.